The molecule has 0 aromatic heterocycles. The zero-order chi connectivity index (χ0) is 15.0. The van der Waals surface area contributed by atoms with Crippen LogP contribution in [0.4, 0.5) is 0 Å². The molecule has 20 heavy (non-hydrogen) atoms. The largest absolute Gasteiger partial charge is 0.486 e. The molecule has 0 bridgehead atoms. The highest BCUT2D eigenvalue weighted by atomic mass is 16.5. The van der Waals surface area contributed by atoms with Gasteiger partial charge in [0.1, 0.15) is 12.4 Å². The summed E-state index contributed by atoms with van der Waals surface area (Å²) in [6.07, 6.45) is 4.14. The molecule has 0 amide bonds. The van der Waals surface area contributed by atoms with Gasteiger partial charge in [0.15, 0.2) is 6.29 Å². The maximum absolute atomic E-state index is 10.6. The van der Waals surface area contributed by atoms with Crippen LogP contribution in [0.15, 0.2) is 12.1 Å². The highest BCUT2D eigenvalue weighted by molar-refractivity contribution is 5.54. The molecule has 1 aliphatic rings. The summed E-state index contributed by atoms with van der Waals surface area (Å²) in [4.78, 5) is 10.6. The van der Waals surface area contributed by atoms with Gasteiger partial charge in [-0.3, -0.25) is 4.79 Å². The minimum Gasteiger partial charge on any atom is -0.486 e. The predicted molar refractivity (Wildman–Crippen MR) is 82.7 cm³/mol. The third kappa shape index (κ3) is 2.61. The molecule has 0 radical (unpaired) electrons. The van der Waals surface area contributed by atoms with E-state index in [-0.39, 0.29) is 17.4 Å². The third-order valence-electron chi connectivity index (χ3n) is 4.72. The van der Waals surface area contributed by atoms with Crippen LogP contribution < -0.4 is 4.74 Å². The Morgan fingerprint density at radius 3 is 2.15 bits per heavy atom. The average Bonchev–Trinajstić information content (AvgIpc) is 2.41. The Kier molecular flexibility index (Phi) is 3.95. The van der Waals surface area contributed by atoms with Crippen molar-refractivity contribution in [2.45, 2.75) is 64.7 Å². The Hall–Kier alpha value is -1.31. The fraction of sp³-hybridized carbons (Fsp3) is 0.611. The maximum Gasteiger partial charge on any atom is 0.157 e. The molecule has 1 aromatic rings. The maximum atomic E-state index is 10.6. The van der Waals surface area contributed by atoms with E-state index in [9.17, 15) is 4.79 Å². The zero-order valence-electron chi connectivity index (χ0n) is 13.4. The summed E-state index contributed by atoms with van der Waals surface area (Å²) < 4.78 is 5.64. The third-order valence-corrected chi connectivity index (χ3v) is 4.72. The lowest BCUT2D eigenvalue weighted by Crippen LogP contribution is -2.34. The van der Waals surface area contributed by atoms with Gasteiger partial charge in [-0.25, -0.2) is 0 Å². The van der Waals surface area contributed by atoms with Gasteiger partial charge in [-0.15, -0.1) is 0 Å². The van der Waals surface area contributed by atoms with E-state index in [0.29, 0.717) is 0 Å². The van der Waals surface area contributed by atoms with Crippen molar-refractivity contribution in [3.63, 3.8) is 0 Å². The smallest absolute Gasteiger partial charge is 0.157 e. The van der Waals surface area contributed by atoms with Gasteiger partial charge >= 0.3 is 0 Å². The van der Waals surface area contributed by atoms with Crippen molar-refractivity contribution in [3.8, 4) is 5.75 Å². The molecule has 0 unspecified atom stereocenters. The van der Waals surface area contributed by atoms with E-state index < -0.39 is 0 Å². The first-order valence-corrected chi connectivity index (χ1v) is 7.56. The van der Waals surface area contributed by atoms with Crippen molar-refractivity contribution in [1.82, 2.24) is 0 Å². The normalized spacial score (nSPS) is 19.2. The van der Waals surface area contributed by atoms with Gasteiger partial charge in [-0.1, -0.05) is 40.7 Å². The van der Waals surface area contributed by atoms with Crippen LogP contribution in [0.3, 0.4) is 0 Å². The highest BCUT2D eigenvalue weighted by Gasteiger charge is 2.37. The second kappa shape index (κ2) is 5.23. The number of rotatable bonds is 4. The Labute approximate surface area is 122 Å². The molecule has 0 heterocycles. The summed E-state index contributed by atoms with van der Waals surface area (Å²) in [6.45, 7) is 11.5. The number of aldehydes is 1. The molecule has 0 saturated heterocycles. The lowest BCUT2D eigenvalue weighted by molar-refractivity contribution is -0.109. The minimum atomic E-state index is 0.135. The summed E-state index contributed by atoms with van der Waals surface area (Å²) >= 11 is 0. The molecule has 2 heteroatoms. The first kappa shape index (κ1) is 15.1. The summed E-state index contributed by atoms with van der Waals surface area (Å²) in [5.41, 5.74) is 4.43. The monoisotopic (exact) mass is 274 g/mol. The summed E-state index contributed by atoms with van der Waals surface area (Å²) in [6, 6.07) is 4.48. The van der Waals surface area contributed by atoms with Crippen molar-refractivity contribution in [3.05, 3.63) is 28.8 Å². The van der Waals surface area contributed by atoms with Gasteiger partial charge < -0.3 is 4.74 Å². The van der Waals surface area contributed by atoms with Gasteiger partial charge in [-0.05, 0) is 52.8 Å². The topological polar surface area (TPSA) is 26.3 Å². The molecular weight excluding hydrogens is 248 g/mol. The molecule has 0 aliphatic heterocycles. The number of hydrogen-bond acceptors (Lipinski definition) is 2. The molecule has 2 nitrogen and oxygen atoms in total. The standard InChI is InChI=1S/C18H26O2/c1-6-13-11-14-15(12-16(13)20-10-9-19)18(4,5)8-7-17(14,2)3/h9,11-12H,6-8,10H2,1-5H3. The first-order valence-electron chi connectivity index (χ1n) is 7.56. The van der Waals surface area contributed by atoms with Crippen molar-refractivity contribution in [1.29, 1.82) is 0 Å². The van der Waals surface area contributed by atoms with E-state index in [1.807, 2.05) is 0 Å². The van der Waals surface area contributed by atoms with Gasteiger partial charge in [0, 0.05) is 0 Å². The second-order valence-electron chi connectivity index (χ2n) is 7.10. The fourth-order valence-electron chi connectivity index (χ4n) is 3.17. The molecule has 2 rings (SSSR count). The van der Waals surface area contributed by atoms with Gasteiger partial charge in [0.25, 0.3) is 0 Å². The van der Waals surface area contributed by atoms with Crippen molar-refractivity contribution >= 4 is 6.29 Å². The Morgan fingerprint density at radius 1 is 1.10 bits per heavy atom. The summed E-state index contributed by atoms with van der Waals surface area (Å²) in [5, 5.41) is 0. The van der Waals surface area contributed by atoms with Gasteiger partial charge in [-0.2, -0.15) is 0 Å². The number of fused-ring (bicyclic) bond motifs is 1. The van der Waals surface area contributed by atoms with Crippen LogP contribution in [-0.4, -0.2) is 12.9 Å². The number of carbonyl (C=O) groups is 1. The molecule has 0 atom stereocenters. The molecule has 0 spiro atoms. The van der Waals surface area contributed by atoms with Crippen LogP contribution in [0.5, 0.6) is 5.75 Å². The SMILES string of the molecule is CCc1cc2c(cc1OCC=O)C(C)(C)CCC2(C)C. The van der Waals surface area contributed by atoms with Crippen LogP contribution in [0, 0.1) is 0 Å². The van der Waals surface area contributed by atoms with E-state index in [2.05, 4.69) is 46.8 Å². The van der Waals surface area contributed by atoms with Crippen molar-refractivity contribution in [2.75, 3.05) is 6.61 Å². The summed E-state index contributed by atoms with van der Waals surface area (Å²) in [7, 11) is 0. The molecular formula is C18H26O2. The van der Waals surface area contributed by atoms with Crippen molar-refractivity contribution < 1.29 is 9.53 Å². The molecule has 110 valence electrons. The van der Waals surface area contributed by atoms with Crippen LogP contribution >= 0.6 is 0 Å². The quantitative estimate of drug-likeness (QED) is 0.770. The zero-order valence-corrected chi connectivity index (χ0v) is 13.4. The van der Waals surface area contributed by atoms with E-state index in [1.165, 1.54) is 29.5 Å². The Balaban J connectivity index is 2.58. The number of aryl methyl sites for hydroxylation is 1. The van der Waals surface area contributed by atoms with Crippen molar-refractivity contribution in [2.24, 2.45) is 0 Å². The number of benzene rings is 1. The van der Waals surface area contributed by atoms with E-state index >= 15 is 0 Å². The van der Waals surface area contributed by atoms with Gasteiger partial charge in [0.2, 0.25) is 0 Å². The first-order chi connectivity index (χ1) is 9.31. The second-order valence-corrected chi connectivity index (χ2v) is 7.10. The average molecular weight is 274 g/mol. The van der Waals surface area contributed by atoms with Crippen LogP contribution in [-0.2, 0) is 22.0 Å². The number of carbonyl (C=O) groups excluding carboxylic acids is 1. The lowest BCUT2D eigenvalue weighted by Gasteiger charge is -2.42. The van der Waals surface area contributed by atoms with Crippen LogP contribution in [0.2, 0.25) is 0 Å². The van der Waals surface area contributed by atoms with Crippen LogP contribution in [0.1, 0.15) is 64.2 Å². The molecule has 0 N–H and O–H groups in total. The van der Waals surface area contributed by atoms with E-state index in [4.69, 9.17) is 4.74 Å². The highest BCUT2D eigenvalue weighted by Crippen LogP contribution is 2.47. The number of hydrogen-bond donors (Lipinski definition) is 0. The number of ether oxygens (including phenoxy) is 1. The van der Waals surface area contributed by atoms with Crippen LogP contribution in [0.25, 0.3) is 0 Å². The molecule has 1 aliphatic carbocycles. The Morgan fingerprint density at radius 2 is 1.65 bits per heavy atom. The van der Waals surface area contributed by atoms with Gasteiger partial charge in [0.05, 0.1) is 0 Å². The van der Waals surface area contributed by atoms with E-state index in [0.717, 1.165) is 18.5 Å². The molecule has 0 saturated carbocycles. The lowest BCUT2D eigenvalue weighted by atomic mass is 9.63. The van der Waals surface area contributed by atoms with E-state index in [1.54, 1.807) is 0 Å². The molecule has 0 fully saturated rings. The molecule has 1 aromatic carbocycles. The summed E-state index contributed by atoms with van der Waals surface area (Å²) in [5.74, 6) is 0.879. The minimum absolute atomic E-state index is 0.135. The Bertz CT molecular complexity index is 512. The predicted octanol–water partition coefficient (Wildman–Crippen LogP) is 4.18. The fourth-order valence-corrected chi connectivity index (χ4v) is 3.17.